The van der Waals surface area contributed by atoms with Crippen LogP contribution in [0.4, 0.5) is 18.9 Å². The molecule has 0 spiro atoms. The maximum Gasteiger partial charge on any atom is 0.338 e. The summed E-state index contributed by atoms with van der Waals surface area (Å²) in [7, 11) is 0. The quantitative estimate of drug-likeness (QED) is 0.593. The minimum Gasteiger partial charge on any atom is -0.461 e. The first-order valence-electron chi connectivity index (χ1n) is 10.3. The molecule has 2 aromatic rings. The molecule has 9 heteroatoms. The number of carbonyl (C=O) groups excluding carboxylic acids is 2. The predicted octanol–water partition coefficient (Wildman–Crippen LogP) is 4.41. The topological polar surface area (TPSA) is 49.9 Å². The maximum atomic E-state index is 13.3. The third kappa shape index (κ3) is 4.94. The van der Waals surface area contributed by atoms with E-state index in [0.29, 0.717) is 17.0 Å². The molecule has 1 amide bonds. The van der Waals surface area contributed by atoms with E-state index in [1.165, 1.54) is 23.9 Å². The Kier molecular flexibility index (Phi) is 6.48. The molecule has 2 aromatic carbocycles. The van der Waals surface area contributed by atoms with E-state index >= 15 is 0 Å². The summed E-state index contributed by atoms with van der Waals surface area (Å²) in [6, 6.07) is 11.0. The van der Waals surface area contributed by atoms with E-state index in [1.807, 2.05) is 0 Å². The third-order valence-electron chi connectivity index (χ3n) is 5.60. The number of anilines is 1. The number of likely N-dealkylation sites (tertiary alicyclic amines) is 1. The van der Waals surface area contributed by atoms with Gasteiger partial charge in [0.15, 0.2) is 0 Å². The normalized spacial score (nSPS) is 20.7. The summed E-state index contributed by atoms with van der Waals surface area (Å²) in [4.78, 5) is 28.2. The van der Waals surface area contributed by atoms with Crippen LogP contribution in [0.2, 0.25) is 0 Å². The number of hydrogen-bond acceptors (Lipinski definition) is 5. The lowest BCUT2D eigenvalue weighted by atomic mass is 10.1. The zero-order valence-corrected chi connectivity index (χ0v) is 18.3. The molecule has 5 nitrogen and oxygen atoms in total. The molecule has 2 fully saturated rings. The molecule has 1 unspecified atom stereocenters. The summed E-state index contributed by atoms with van der Waals surface area (Å²) < 4.78 is 45.0. The Balaban J connectivity index is 1.42. The van der Waals surface area contributed by atoms with Gasteiger partial charge in [-0.1, -0.05) is 12.1 Å². The number of esters is 1. The molecule has 0 aliphatic carbocycles. The number of aryl methyl sites for hydroxylation is 1. The summed E-state index contributed by atoms with van der Waals surface area (Å²) in [5.74, 6) is -3.31. The van der Waals surface area contributed by atoms with Gasteiger partial charge in [-0.3, -0.25) is 14.6 Å². The average Bonchev–Trinajstić information content (AvgIpc) is 3.30. The standard InChI is InChI=1S/C23H23F3N2O3S/c1-15-12-17(22(30)31-11-10-27-9-8-23(25,26)14-27)4-7-19(15)28-20(29)13-32-21(28)16-2-5-18(24)6-3-16/h2-7,12,21H,8-11,13-14H2,1H3. The van der Waals surface area contributed by atoms with Crippen molar-refractivity contribution in [2.45, 2.75) is 24.6 Å². The molecule has 0 bridgehead atoms. The van der Waals surface area contributed by atoms with Crippen molar-refractivity contribution < 1.29 is 27.5 Å². The van der Waals surface area contributed by atoms with E-state index < -0.39 is 11.9 Å². The average molecular weight is 465 g/mol. The Hall–Kier alpha value is -2.52. The van der Waals surface area contributed by atoms with Gasteiger partial charge in [-0.2, -0.15) is 0 Å². The number of alkyl halides is 2. The highest BCUT2D eigenvalue weighted by Gasteiger charge is 2.38. The smallest absolute Gasteiger partial charge is 0.338 e. The molecular formula is C23H23F3N2O3S. The van der Waals surface area contributed by atoms with Crippen molar-refractivity contribution in [2.75, 3.05) is 36.9 Å². The van der Waals surface area contributed by atoms with Crippen LogP contribution in [0.1, 0.15) is 33.3 Å². The molecule has 0 aromatic heterocycles. The van der Waals surface area contributed by atoms with Gasteiger partial charge in [0, 0.05) is 25.2 Å². The second-order valence-corrected chi connectivity index (χ2v) is 9.07. The first-order valence-corrected chi connectivity index (χ1v) is 11.4. The number of rotatable bonds is 6. The lowest BCUT2D eigenvalue weighted by Gasteiger charge is -2.26. The van der Waals surface area contributed by atoms with Crippen LogP contribution in [0.5, 0.6) is 0 Å². The minimum atomic E-state index is -2.67. The molecule has 0 saturated carbocycles. The second-order valence-electron chi connectivity index (χ2n) is 8.00. The molecule has 2 heterocycles. The van der Waals surface area contributed by atoms with Crippen LogP contribution in [-0.4, -0.2) is 54.7 Å². The van der Waals surface area contributed by atoms with E-state index in [4.69, 9.17) is 4.74 Å². The minimum absolute atomic E-state index is 0.0314. The lowest BCUT2D eigenvalue weighted by Crippen LogP contribution is -2.29. The monoisotopic (exact) mass is 464 g/mol. The lowest BCUT2D eigenvalue weighted by molar-refractivity contribution is -0.115. The van der Waals surface area contributed by atoms with Crippen molar-refractivity contribution in [3.8, 4) is 0 Å². The maximum absolute atomic E-state index is 13.3. The number of benzene rings is 2. The molecule has 32 heavy (non-hydrogen) atoms. The first-order chi connectivity index (χ1) is 15.2. The fourth-order valence-corrected chi connectivity index (χ4v) is 5.13. The summed E-state index contributed by atoms with van der Waals surface area (Å²) in [5, 5.41) is -0.279. The zero-order valence-electron chi connectivity index (χ0n) is 17.5. The molecule has 1 atom stereocenters. The van der Waals surface area contributed by atoms with Crippen molar-refractivity contribution in [1.29, 1.82) is 0 Å². The largest absolute Gasteiger partial charge is 0.461 e. The summed E-state index contributed by atoms with van der Waals surface area (Å²) in [6.07, 6.45) is -0.173. The van der Waals surface area contributed by atoms with Gasteiger partial charge < -0.3 is 4.74 Å². The molecule has 0 radical (unpaired) electrons. The Bertz CT molecular complexity index is 1020. The number of amides is 1. The molecule has 2 aliphatic heterocycles. The van der Waals surface area contributed by atoms with E-state index in [2.05, 4.69) is 0 Å². The van der Waals surface area contributed by atoms with Crippen molar-refractivity contribution in [2.24, 2.45) is 0 Å². The van der Waals surface area contributed by atoms with E-state index in [1.54, 1.807) is 47.1 Å². The molecule has 170 valence electrons. The SMILES string of the molecule is Cc1cc(C(=O)OCCN2CCC(F)(F)C2)ccc1N1C(=O)CSC1c1ccc(F)cc1. The number of thioether (sulfide) groups is 1. The van der Waals surface area contributed by atoms with E-state index in [0.717, 1.165) is 11.1 Å². The number of hydrogen-bond donors (Lipinski definition) is 0. The fourth-order valence-electron chi connectivity index (χ4n) is 3.96. The third-order valence-corrected chi connectivity index (χ3v) is 6.82. The van der Waals surface area contributed by atoms with Gasteiger partial charge in [-0.25, -0.2) is 18.0 Å². The van der Waals surface area contributed by atoms with Gasteiger partial charge in [-0.05, 0) is 48.4 Å². The Morgan fingerprint density at radius 2 is 1.97 bits per heavy atom. The van der Waals surface area contributed by atoms with Gasteiger partial charge in [0.25, 0.3) is 5.92 Å². The second kappa shape index (κ2) is 9.15. The molecule has 0 N–H and O–H groups in total. The molecule has 2 saturated heterocycles. The number of ether oxygens (including phenoxy) is 1. The highest BCUT2D eigenvalue weighted by molar-refractivity contribution is 8.00. The molecular weight excluding hydrogens is 441 g/mol. The van der Waals surface area contributed by atoms with Crippen LogP contribution in [0.25, 0.3) is 0 Å². The van der Waals surface area contributed by atoms with Crippen molar-refractivity contribution >= 4 is 29.3 Å². The Morgan fingerprint density at radius 1 is 1.22 bits per heavy atom. The van der Waals surface area contributed by atoms with Crippen LogP contribution < -0.4 is 4.90 Å². The number of halogens is 3. The van der Waals surface area contributed by atoms with Gasteiger partial charge in [-0.15, -0.1) is 11.8 Å². The molecule has 2 aliphatic rings. The van der Waals surface area contributed by atoms with Gasteiger partial charge in [0.05, 0.1) is 17.9 Å². The predicted molar refractivity (Wildman–Crippen MR) is 117 cm³/mol. The zero-order chi connectivity index (χ0) is 22.9. The van der Waals surface area contributed by atoms with Crippen molar-refractivity contribution in [1.82, 2.24) is 4.90 Å². The van der Waals surface area contributed by atoms with Crippen molar-refractivity contribution in [3.63, 3.8) is 0 Å². The summed E-state index contributed by atoms with van der Waals surface area (Å²) >= 11 is 1.46. The molecule has 4 rings (SSSR count). The van der Waals surface area contributed by atoms with Gasteiger partial charge in [0.1, 0.15) is 17.8 Å². The van der Waals surface area contributed by atoms with Gasteiger partial charge in [0.2, 0.25) is 5.91 Å². The van der Waals surface area contributed by atoms with Crippen molar-refractivity contribution in [3.05, 3.63) is 65.0 Å². The Labute approximate surface area is 188 Å². The van der Waals surface area contributed by atoms with E-state index in [9.17, 15) is 22.8 Å². The number of nitrogens with zero attached hydrogens (tertiary/aromatic N) is 2. The van der Waals surface area contributed by atoms with E-state index in [-0.39, 0.29) is 49.8 Å². The van der Waals surface area contributed by atoms with Crippen LogP contribution in [0.15, 0.2) is 42.5 Å². The van der Waals surface area contributed by atoms with Crippen LogP contribution in [0, 0.1) is 12.7 Å². The Morgan fingerprint density at radius 3 is 2.62 bits per heavy atom. The van der Waals surface area contributed by atoms with Crippen LogP contribution >= 0.6 is 11.8 Å². The first kappa shape index (κ1) is 22.7. The highest BCUT2D eigenvalue weighted by Crippen LogP contribution is 2.42. The summed E-state index contributed by atoms with van der Waals surface area (Å²) in [5.41, 5.74) is 2.54. The summed E-state index contributed by atoms with van der Waals surface area (Å²) in [6.45, 7) is 2.07. The fraction of sp³-hybridized carbons (Fsp3) is 0.391. The van der Waals surface area contributed by atoms with Crippen LogP contribution in [-0.2, 0) is 9.53 Å². The van der Waals surface area contributed by atoms with Crippen LogP contribution in [0.3, 0.4) is 0 Å². The van der Waals surface area contributed by atoms with Gasteiger partial charge >= 0.3 is 5.97 Å². The number of carbonyl (C=O) groups is 2. The highest BCUT2D eigenvalue weighted by atomic mass is 32.2.